The maximum atomic E-state index is 12.3. The van der Waals surface area contributed by atoms with E-state index in [1.807, 2.05) is 0 Å². The van der Waals surface area contributed by atoms with Crippen molar-refractivity contribution in [1.82, 2.24) is 16.0 Å². The molecule has 0 fully saturated rings. The van der Waals surface area contributed by atoms with Gasteiger partial charge in [0, 0.05) is 38.8 Å². The Morgan fingerprint density at radius 2 is 0.927 bits per heavy atom. The number of carbonyl (C=O) groups excluding carboxylic acids is 4. The second-order valence-corrected chi connectivity index (χ2v) is 13.9. The van der Waals surface area contributed by atoms with Gasteiger partial charge in [-0.2, -0.15) is 0 Å². The zero-order valence-electron chi connectivity index (χ0n) is 33.7. The Balaban J connectivity index is 3.65. The van der Waals surface area contributed by atoms with E-state index in [0.29, 0.717) is 39.2 Å². The summed E-state index contributed by atoms with van der Waals surface area (Å²) in [5.74, 6) is -2.74. The Labute approximate surface area is 329 Å². The van der Waals surface area contributed by atoms with Crippen molar-refractivity contribution in [3.63, 3.8) is 0 Å². The molecule has 5 N–H and O–H groups in total. The molecule has 0 aromatic heterocycles. The molecule has 0 bridgehead atoms. The lowest BCUT2D eigenvalue weighted by Crippen LogP contribution is -2.41. The molecule has 0 heterocycles. The Bertz CT molecular complexity index is 1010. The molecule has 320 valence electrons. The van der Waals surface area contributed by atoms with E-state index < -0.39 is 18.0 Å². The molecule has 0 aliphatic rings. The van der Waals surface area contributed by atoms with Crippen LogP contribution in [0.4, 0.5) is 0 Å². The largest absolute Gasteiger partial charge is 0.481 e. The van der Waals surface area contributed by atoms with Crippen molar-refractivity contribution >= 4 is 35.4 Å². The van der Waals surface area contributed by atoms with E-state index in [-0.39, 0.29) is 88.8 Å². The van der Waals surface area contributed by atoms with Crippen molar-refractivity contribution in [1.29, 1.82) is 0 Å². The van der Waals surface area contributed by atoms with Gasteiger partial charge >= 0.3 is 11.9 Å². The molecule has 0 saturated heterocycles. The summed E-state index contributed by atoms with van der Waals surface area (Å²) in [6.07, 6.45) is 19.1. The molecule has 0 radical (unpaired) electrons. The number of ether oxygens (including phenoxy) is 4. The average molecular weight is 788 g/mol. The summed E-state index contributed by atoms with van der Waals surface area (Å²) < 4.78 is 21.3. The number of Topliss-reactive ketones (excluding diaryl/α,β-unsaturated/α-hetero) is 1. The van der Waals surface area contributed by atoms with Crippen LogP contribution in [-0.4, -0.2) is 118 Å². The molecule has 15 nitrogen and oxygen atoms in total. The number of carboxylic acid groups (broad SMARTS) is 2. The fourth-order valence-corrected chi connectivity index (χ4v) is 5.58. The number of carboxylic acids is 2. The molecule has 0 rings (SSSR count). The van der Waals surface area contributed by atoms with Gasteiger partial charge in [0.05, 0.1) is 39.6 Å². The van der Waals surface area contributed by atoms with Gasteiger partial charge < -0.3 is 45.1 Å². The fourth-order valence-electron chi connectivity index (χ4n) is 5.58. The molecule has 3 amide bonds. The summed E-state index contributed by atoms with van der Waals surface area (Å²) in [7, 11) is 0. The lowest BCUT2D eigenvalue weighted by molar-refractivity contribution is -0.142. The van der Waals surface area contributed by atoms with Crippen LogP contribution in [0.2, 0.25) is 0 Å². The third-order valence-electron chi connectivity index (χ3n) is 8.77. The van der Waals surface area contributed by atoms with Gasteiger partial charge in [0.2, 0.25) is 17.7 Å². The summed E-state index contributed by atoms with van der Waals surface area (Å²) in [4.78, 5) is 70.0. The molecular weight excluding hydrogens is 714 g/mol. The van der Waals surface area contributed by atoms with Gasteiger partial charge in [-0.3, -0.25) is 24.0 Å². The zero-order chi connectivity index (χ0) is 40.6. The minimum atomic E-state index is -1.17. The Hall–Kier alpha value is -3.14. The van der Waals surface area contributed by atoms with Crippen LogP contribution in [0.5, 0.6) is 0 Å². The van der Waals surface area contributed by atoms with Gasteiger partial charge in [-0.25, -0.2) is 4.79 Å². The highest BCUT2D eigenvalue weighted by atomic mass is 16.5. The van der Waals surface area contributed by atoms with E-state index in [9.17, 15) is 33.9 Å². The minimum absolute atomic E-state index is 0.0155. The van der Waals surface area contributed by atoms with Crippen molar-refractivity contribution in [3.8, 4) is 0 Å². The number of nitrogens with one attached hydrogen (secondary N) is 3. The highest BCUT2D eigenvalue weighted by Crippen LogP contribution is 2.14. The second-order valence-electron chi connectivity index (χ2n) is 13.9. The number of aliphatic carboxylic acids is 2. The van der Waals surface area contributed by atoms with E-state index in [1.165, 1.54) is 44.9 Å². The maximum Gasteiger partial charge on any atom is 0.326 e. The van der Waals surface area contributed by atoms with Crippen molar-refractivity contribution in [2.24, 2.45) is 0 Å². The van der Waals surface area contributed by atoms with Crippen LogP contribution in [0.3, 0.4) is 0 Å². The van der Waals surface area contributed by atoms with Gasteiger partial charge in [-0.15, -0.1) is 0 Å². The van der Waals surface area contributed by atoms with Crippen LogP contribution in [0.15, 0.2) is 0 Å². The van der Waals surface area contributed by atoms with Crippen LogP contribution in [0.25, 0.3) is 0 Å². The van der Waals surface area contributed by atoms with E-state index in [4.69, 9.17) is 24.1 Å². The molecule has 0 aromatic rings. The molecule has 55 heavy (non-hydrogen) atoms. The fraction of sp³-hybridized carbons (Fsp3) is 0.850. The number of carbonyl (C=O) groups is 6. The molecule has 0 aromatic carbocycles. The van der Waals surface area contributed by atoms with Crippen molar-refractivity contribution in [3.05, 3.63) is 0 Å². The third kappa shape index (κ3) is 38.9. The molecule has 0 spiro atoms. The number of unbranched alkanes of at least 4 members (excludes halogenated alkanes) is 15. The minimum Gasteiger partial charge on any atom is -0.481 e. The predicted octanol–water partition coefficient (Wildman–Crippen LogP) is 5.11. The van der Waals surface area contributed by atoms with E-state index >= 15 is 0 Å². The zero-order valence-corrected chi connectivity index (χ0v) is 33.7. The third-order valence-corrected chi connectivity index (χ3v) is 8.77. The standard InChI is InChI=1S/C40H73N3O12/c1-2-3-16-19-34(44)32-54-30-28-53-27-25-42-38(47)33-55-31-29-52-26-24-41-36(45)23-22-35(40(50)51)43-37(46)20-17-14-12-10-8-6-4-5-7-9-11-13-15-18-21-39(48)49/h35H,2-33H2,1H3,(H,41,45)(H,42,47)(H,43,46)(H,48,49)(H,50,51)/t35-/m0/s1. The highest BCUT2D eigenvalue weighted by Gasteiger charge is 2.20. The van der Waals surface area contributed by atoms with Gasteiger partial charge in [0.25, 0.3) is 0 Å². The predicted molar refractivity (Wildman–Crippen MR) is 209 cm³/mol. The number of hydrogen-bond acceptors (Lipinski definition) is 10. The Morgan fingerprint density at radius 1 is 0.473 bits per heavy atom. The molecule has 0 aliphatic heterocycles. The number of ketones is 1. The van der Waals surface area contributed by atoms with E-state index in [2.05, 4.69) is 22.9 Å². The van der Waals surface area contributed by atoms with Gasteiger partial charge in [0.1, 0.15) is 19.3 Å². The molecule has 0 unspecified atom stereocenters. The average Bonchev–Trinajstić information content (AvgIpc) is 3.15. The topological polar surface area (TPSA) is 216 Å². The van der Waals surface area contributed by atoms with Gasteiger partial charge in [-0.1, -0.05) is 96.8 Å². The van der Waals surface area contributed by atoms with Crippen LogP contribution in [0, 0.1) is 0 Å². The molecule has 0 aliphatic carbocycles. The molecule has 15 heteroatoms. The Kier molecular flexibility index (Phi) is 36.9. The first kappa shape index (κ1) is 51.9. The van der Waals surface area contributed by atoms with E-state index in [0.717, 1.165) is 57.8 Å². The first-order chi connectivity index (χ1) is 26.6. The quantitative estimate of drug-likeness (QED) is 0.0511. The highest BCUT2D eigenvalue weighted by molar-refractivity contribution is 5.84. The summed E-state index contributed by atoms with van der Waals surface area (Å²) in [6.45, 7) is 4.20. The summed E-state index contributed by atoms with van der Waals surface area (Å²) in [6, 6.07) is -1.13. The van der Waals surface area contributed by atoms with Gasteiger partial charge in [-0.05, 0) is 25.7 Å². The first-order valence-corrected chi connectivity index (χ1v) is 20.8. The SMILES string of the molecule is CCCCCC(=O)COCCOCCNC(=O)COCCOCCNC(=O)CC[C@H](NC(=O)CCCCCCCCCCCCCCCCC(=O)O)C(=O)O. The number of rotatable bonds is 42. The van der Waals surface area contributed by atoms with Gasteiger partial charge in [0.15, 0.2) is 5.78 Å². The maximum absolute atomic E-state index is 12.3. The van der Waals surface area contributed by atoms with Crippen LogP contribution in [-0.2, 0) is 47.7 Å². The summed E-state index contributed by atoms with van der Waals surface area (Å²) >= 11 is 0. The van der Waals surface area contributed by atoms with E-state index in [1.54, 1.807) is 0 Å². The van der Waals surface area contributed by atoms with Crippen LogP contribution in [0.1, 0.15) is 148 Å². The lowest BCUT2D eigenvalue weighted by Gasteiger charge is -2.14. The number of hydrogen-bond donors (Lipinski definition) is 5. The number of amides is 3. The molecule has 1 atom stereocenters. The summed E-state index contributed by atoms with van der Waals surface area (Å²) in [5.41, 5.74) is 0. The second kappa shape index (κ2) is 39.1. The lowest BCUT2D eigenvalue weighted by atomic mass is 10.0. The normalized spacial score (nSPS) is 11.6. The van der Waals surface area contributed by atoms with Crippen molar-refractivity contribution in [2.45, 2.75) is 154 Å². The molecular formula is C40H73N3O12. The molecule has 0 saturated carbocycles. The monoisotopic (exact) mass is 788 g/mol. The van der Waals surface area contributed by atoms with Crippen LogP contribution < -0.4 is 16.0 Å². The Morgan fingerprint density at radius 3 is 1.44 bits per heavy atom. The van der Waals surface area contributed by atoms with Crippen LogP contribution >= 0.6 is 0 Å². The van der Waals surface area contributed by atoms with Crippen molar-refractivity contribution < 1.29 is 57.9 Å². The first-order valence-electron chi connectivity index (χ1n) is 20.8. The summed E-state index contributed by atoms with van der Waals surface area (Å²) in [5, 5.41) is 26.0. The van der Waals surface area contributed by atoms with Crippen molar-refractivity contribution in [2.75, 3.05) is 65.9 Å². The smallest absolute Gasteiger partial charge is 0.326 e.